The molecule has 0 spiro atoms. The Morgan fingerprint density at radius 3 is 2.70 bits per heavy atom. The minimum atomic E-state index is -1.16. The summed E-state index contributed by atoms with van der Waals surface area (Å²) in [6, 6.07) is 6.31. The molecule has 0 bridgehead atoms. The van der Waals surface area contributed by atoms with Gasteiger partial charge in [0.05, 0.1) is 18.5 Å². The zero-order valence-electron chi connectivity index (χ0n) is 13.1. The third-order valence-corrected chi connectivity index (χ3v) is 3.44. The molecule has 0 aliphatic carbocycles. The fraction of sp³-hybridized carbons (Fsp3) is 0.333. The number of aromatic nitrogens is 3. The Morgan fingerprint density at radius 1 is 1.39 bits per heavy atom. The Morgan fingerprint density at radius 2 is 2.09 bits per heavy atom. The van der Waals surface area contributed by atoms with Gasteiger partial charge in [0.25, 0.3) is 0 Å². The predicted molar refractivity (Wildman–Crippen MR) is 82.7 cm³/mol. The normalized spacial score (nSPS) is 11.8. The highest BCUT2D eigenvalue weighted by Gasteiger charge is 2.24. The SMILES string of the molecule is CCc1c(C(=O)O)nnn1C(C)C(=O)Nc1ccccc1OC. The molecule has 1 amide bonds. The van der Waals surface area contributed by atoms with Crippen LogP contribution in [0.3, 0.4) is 0 Å². The minimum Gasteiger partial charge on any atom is -0.495 e. The van der Waals surface area contributed by atoms with Gasteiger partial charge in [-0.25, -0.2) is 9.48 Å². The number of hydrogen-bond acceptors (Lipinski definition) is 5. The highest BCUT2D eigenvalue weighted by molar-refractivity contribution is 5.95. The Balaban J connectivity index is 2.25. The minimum absolute atomic E-state index is 0.135. The summed E-state index contributed by atoms with van der Waals surface area (Å²) in [7, 11) is 1.51. The number of nitrogens with zero attached hydrogens (tertiary/aromatic N) is 3. The van der Waals surface area contributed by atoms with E-state index in [2.05, 4.69) is 15.6 Å². The maximum Gasteiger partial charge on any atom is 0.358 e. The standard InChI is InChI=1S/C15H18N4O4/c1-4-11-13(15(21)22)17-18-19(11)9(2)14(20)16-10-7-5-6-8-12(10)23-3/h5-9H,4H2,1-3H3,(H,16,20)(H,21,22). The van der Waals surface area contributed by atoms with Crippen LogP contribution in [0.25, 0.3) is 0 Å². The molecule has 2 aromatic rings. The van der Waals surface area contributed by atoms with Gasteiger partial charge in [0.2, 0.25) is 5.91 Å². The molecule has 8 heteroatoms. The maximum absolute atomic E-state index is 12.4. The Bertz CT molecular complexity index is 726. The first-order valence-corrected chi connectivity index (χ1v) is 7.10. The van der Waals surface area contributed by atoms with E-state index in [1.54, 1.807) is 38.1 Å². The van der Waals surface area contributed by atoms with Gasteiger partial charge in [0.15, 0.2) is 5.69 Å². The van der Waals surface area contributed by atoms with E-state index in [0.717, 1.165) is 0 Å². The number of ether oxygens (including phenoxy) is 1. The van der Waals surface area contributed by atoms with Crippen molar-refractivity contribution in [1.29, 1.82) is 0 Å². The van der Waals surface area contributed by atoms with Gasteiger partial charge in [0, 0.05) is 0 Å². The number of carbonyl (C=O) groups excluding carboxylic acids is 1. The van der Waals surface area contributed by atoms with Crippen molar-refractivity contribution in [3.63, 3.8) is 0 Å². The molecule has 23 heavy (non-hydrogen) atoms. The van der Waals surface area contributed by atoms with Crippen LogP contribution in [0.2, 0.25) is 0 Å². The largest absolute Gasteiger partial charge is 0.495 e. The van der Waals surface area contributed by atoms with Crippen molar-refractivity contribution in [2.45, 2.75) is 26.3 Å². The van der Waals surface area contributed by atoms with Crippen LogP contribution in [0.15, 0.2) is 24.3 Å². The van der Waals surface area contributed by atoms with Crippen LogP contribution in [0.4, 0.5) is 5.69 Å². The van der Waals surface area contributed by atoms with Gasteiger partial charge in [-0.15, -0.1) is 5.10 Å². The predicted octanol–water partition coefficient (Wildman–Crippen LogP) is 1.75. The lowest BCUT2D eigenvalue weighted by Crippen LogP contribution is -2.26. The topological polar surface area (TPSA) is 106 Å². The number of benzene rings is 1. The number of rotatable bonds is 6. The number of anilines is 1. The lowest BCUT2D eigenvalue weighted by Gasteiger charge is -2.16. The van der Waals surface area contributed by atoms with E-state index in [1.807, 2.05) is 0 Å². The van der Waals surface area contributed by atoms with Gasteiger partial charge in [0.1, 0.15) is 11.8 Å². The Labute approximate surface area is 133 Å². The fourth-order valence-electron chi connectivity index (χ4n) is 2.22. The van der Waals surface area contributed by atoms with Crippen molar-refractivity contribution in [1.82, 2.24) is 15.0 Å². The molecule has 0 aliphatic rings. The van der Waals surface area contributed by atoms with E-state index in [1.165, 1.54) is 11.8 Å². The highest BCUT2D eigenvalue weighted by atomic mass is 16.5. The van der Waals surface area contributed by atoms with Crippen molar-refractivity contribution in [2.75, 3.05) is 12.4 Å². The molecule has 1 heterocycles. The zero-order valence-corrected chi connectivity index (χ0v) is 13.1. The number of carboxylic acids is 1. The van der Waals surface area contributed by atoms with Crippen molar-refractivity contribution in [2.24, 2.45) is 0 Å². The van der Waals surface area contributed by atoms with Crippen LogP contribution in [-0.2, 0) is 11.2 Å². The summed E-state index contributed by atoms with van der Waals surface area (Å²) in [6.45, 7) is 3.41. The fourth-order valence-corrected chi connectivity index (χ4v) is 2.22. The summed E-state index contributed by atoms with van der Waals surface area (Å²) in [5.41, 5.74) is 0.799. The molecule has 8 nitrogen and oxygen atoms in total. The maximum atomic E-state index is 12.4. The lowest BCUT2D eigenvalue weighted by atomic mass is 10.2. The molecule has 0 aliphatic heterocycles. The van der Waals surface area contributed by atoms with Crippen LogP contribution in [0.5, 0.6) is 5.75 Å². The first kappa shape index (κ1) is 16.5. The molecule has 0 fully saturated rings. The number of para-hydroxylation sites is 2. The monoisotopic (exact) mass is 318 g/mol. The molecule has 0 saturated carbocycles. The third kappa shape index (κ3) is 3.31. The lowest BCUT2D eigenvalue weighted by molar-refractivity contribution is -0.119. The van der Waals surface area contributed by atoms with Crippen molar-refractivity contribution >= 4 is 17.6 Å². The van der Waals surface area contributed by atoms with Gasteiger partial charge in [-0.2, -0.15) is 0 Å². The summed E-state index contributed by atoms with van der Waals surface area (Å²) in [5, 5.41) is 19.3. The zero-order chi connectivity index (χ0) is 17.0. The molecule has 2 N–H and O–H groups in total. The Hall–Kier alpha value is -2.90. The van der Waals surface area contributed by atoms with E-state index >= 15 is 0 Å². The molecule has 1 atom stereocenters. The van der Waals surface area contributed by atoms with E-state index in [-0.39, 0.29) is 11.6 Å². The van der Waals surface area contributed by atoms with Crippen molar-refractivity contribution < 1.29 is 19.4 Å². The number of amides is 1. The average molecular weight is 318 g/mol. The second kappa shape index (κ2) is 6.91. The summed E-state index contributed by atoms with van der Waals surface area (Å²) in [6.07, 6.45) is 0.404. The number of aromatic carboxylic acids is 1. The molecule has 1 aromatic carbocycles. The van der Waals surface area contributed by atoms with Crippen LogP contribution >= 0.6 is 0 Å². The van der Waals surface area contributed by atoms with E-state index in [9.17, 15) is 9.59 Å². The molecule has 1 unspecified atom stereocenters. The first-order valence-electron chi connectivity index (χ1n) is 7.10. The molecule has 0 saturated heterocycles. The summed E-state index contributed by atoms with van der Waals surface area (Å²) in [5.74, 6) is -0.968. The molecular formula is C15H18N4O4. The molecule has 2 rings (SSSR count). The van der Waals surface area contributed by atoms with Gasteiger partial charge < -0.3 is 15.2 Å². The van der Waals surface area contributed by atoms with Gasteiger partial charge in [-0.1, -0.05) is 24.3 Å². The number of methoxy groups -OCH3 is 1. The van der Waals surface area contributed by atoms with Gasteiger partial charge in [-0.05, 0) is 25.5 Å². The summed E-state index contributed by atoms with van der Waals surface area (Å²) < 4.78 is 6.51. The van der Waals surface area contributed by atoms with Gasteiger partial charge in [-0.3, -0.25) is 4.79 Å². The van der Waals surface area contributed by atoms with E-state index in [4.69, 9.17) is 9.84 Å². The van der Waals surface area contributed by atoms with E-state index < -0.39 is 12.0 Å². The van der Waals surface area contributed by atoms with Gasteiger partial charge >= 0.3 is 5.97 Å². The Kier molecular flexibility index (Phi) is 4.95. The van der Waals surface area contributed by atoms with Crippen molar-refractivity contribution in [3.8, 4) is 5.75 Å². The van der Waals surface area contributed by atoms with E-state index in [0.29, 0.717) is 23.6 Å². The second-order valence-electron chi connectivity index (χ2n) is 4.85. The molecule has 122 valence electrons. The van der Waals surface area contributed by atoms with Crippen LogP contribution < -0.4 is 10.1 Å². The number of carbonyl (C=O) groups is 2. The van der Waals surface area contributed by atoms with Crippen LogP contribution in [-0.4, -0.2) is 39.1 Å². The molecular weight excluding hydrogens is 300 g/mol. The molecule has 0 radical (unpaired) electrons. The second-order valence-corrected chi connectivity index (χ2v) is 4.85. The number of carboxylic acid groups (broad SMARTS) is 1. The smallest absolute Gasteiger partial charge is 0.358 e. The summed E-state index contributed by atoms with van der Waals surface area (Å²) in [4.78, 5) is 23.6. The molecule has 1 aromatic heterocycles. The highest BCUT2D eigenvalue weighted by Crippen LogP contribution is 2.24. The number of hydrogen-bond donors (Lipinski definition) is 2. The van der Waals surface area contributed by atoms with Crippen molar-refractivity contribution in [3.05, 3.63) is 35.7 Å². The van der Waals surface area contributed by atoms with Crippen LogP contribution in [0, 0.1) is 0 Å². The van der Waals surface area contributed by atoms with Crippen LogP contribution in [0.1, 0.15) is 36.1 Å². The number of nitrogens with one attached hydrogen (secondary N) is 1. The average Bonchev–Trinajstić information content (AvgIpc) is 2.98. The third-order valence-electron chi connectivity index (χ3n) is 3.44. The first-order chi connectivity index (χ1) is 11.0. The quantitative estimate of drug-likeness (QED) is 0.840. The summed E-state index contributed by atoms with van der Waals surface area (Å²) >= 11 is 0.